The Morgan fingerprint density at radius 3 is 2.19 bits per heavy atom. The highest BCUT2D eigenvalue weighted by Gasteiger charge is 2.18. The first-order chi connectivity index (χ1) is 10.1. The Bertz CT molecular complexity index is 619. The normalized spacial score (nSPS) is 12.2. The highest BCUT2D eigenvalue weighted by atomic mass is 16.5. The number of hydrogen-bond donors (Lipinski definition) is 1. The summed E-state index contributed by atoms with van der Waals surface area (Å²) in [6.45, 7) is 9.12. The van der Waals surface area contributed by atoms with Crippen LogP contribution in [0, 0.1) is 20.8 Å². The average Bonchev–Trinajstić information content (AvgIpc) is 2.46. The molecular weight excluding hydrogens is 258 g/mol. The van der Waals surface area contributed by atoms with Crippen LogP contribution in [0.2, 0.25) is 0 Å². The highest BCUT2D eigenvalue weighted by molar-refractivity contribution is 5.46. The van der Waals surface area contributed by atoms with E-state index in [1.54, 1.807) is 0 Å². The van der Waals surface area contributed by atoms with Gasteiger partial charge in [-0.05, 0) is 51.9 Å². The third-order valence-corrected chi connectivity index (χ3v) is 3.81. The van der Waals surface area contributed by atoms with Gasteiger partial charge in [0.15, 0.2) is 0 Å². The predicted molar refractivity (Wildman–Crippen MR) is 89.2 cm³/mol. The average molecular weight is 283 g/mol. The van der Waals surface area contributed by atoms with Gasteiger partial charge in [0.1, 0.15) is 5.75 Å². The fourth-order valence-electron chi connectivity index (χ4n) is 2.73. The zero-order chi connectivity index (χ0) is 15.4. The van der Waals surface area contributed by atoms with E-state index in [0.717, 1.165) is 5.75 Å². The van der Waals surface area contributed by atoms with E-state index in [1.807, 2.05) is 14.0 Å². The van der Waals surface area contributed by atoms with Gasteiger partial charge >= 0.3 is 0 Å². The lowest BCUT2D eigenvalue weighted by molar-refractivity contribution is 0.334. The lowest BCUT2D eigenvalue weighted by Gasteiger charge is -2.23. The van der Waals surface area contributed by atoms with Crippen molar-refractivity contribution in [2.45, 2.75) is 33.7 Å². The highest BCUT2D eigenvalue weighted by Crippen LogP contribution is 2.32. The van der Waals surface area contributed by atoms with Crippen LogP contribution >= 0.6 is 0 Å². The van der Waals surface area contributed by atoms with Gasteiger partial charge in [-0.3, -0.25) is 0 Å². The van der Waals surface area contributed by atoms with Crippen LogP contribution in [0.25, 0.3) is 0 Å². The number of nitrogens with one attached hydrogen (secondary N) is 1. The Morgan fingerprint density at radius 1 is 0.952 bits per heavy atom. The molecule has 0 amide bonds. The van der Waals surface area contributed by atoms with Crippen molar-refractivity contribution in [1.29, 1.82) is 0 Å². The van der Waals surface area contributed by atoms with Crippen molar-refractivity contribution >= 4 is 0 Å². The SMILES string of the molecule is CCOc1ccc(C)cc1C(NC)c1cc(C)ccc1C. The predicted octanol–water partition coefficient (Wildman–Crippen LogP) is 4.32. The Hall–Kier alpha value is -1.80. The van der Waals surface area contributed by atoms with E-state index in [2.05, 4.69) is 62.5 Å². The molecule has 0 saturated heterocycles. The molecule has 2 heteroatoms. The monoisotopic (exact) mass is 283 g/mol. The van der Waals surface area contributed by atoms with Crippen LogP contribution < -0.4 is 10.1 Å². The van der Waals surface area contributed by atoms with Crippen LogP contribution in [0.4, 0.5) is 0 Å². The molecule has 21 heavy (non-hydrogen) atoms. The van der Waals surface area contributed by atoms with Gasteiger partial charge in [-0.1, -0.05) is 41.5 Å². The van der Waals surface area contributed by atoms with E-state index in [0.29, 0.717) is 6.61 Å². The van der Waals surface area contributed by atoms with E-state index in [-0.39, 0.29) is 6.04 Å². The number of aryl methyl sites for hydroxylation is 3. The molecule has 0 fully saturated rings. The van der Waals surface area contributed by atoms with E-state index in [9.17, 15) is 0 Å². The maximum atomic E-state index is 5.83. The van der Waals surface area contributed by atoms with Gasteiger partial charge in [-0.25, -0.2) is 0 Å². The van der Waals surface area contributed by atoms with Crippen molar-refractivity contribution < 1.29 is 4.74 Å². The van der Waals surface area contributed by atoms with Gasteiger partial charge in [0.05, 0.1) is 12.6 Å². The first kappa shape index (κ1) is 15.6. The zero-order valence-electron chi connectivity index (χ0n) is 13.7. The molecule has 1 unspecified atom stereocenters. The molecule has 0 spiro atoms. The standard InChI is InChI=1S/C19H25NO/c1-6-21-18-10-8-14(3)12-17(18)19(20-5)16-11-13(2)7-9-15(16)4/h7-12,19-20H,6H2,1-5H3. The molecule has 0 radical (unpaired) electrons. The molecular formula is C19H25NO. The van der Waals surface area contributed by atoms with Crippen molar-refractivity contribution in [3.63, 3.8) is 0 Å². The summed E-state index contributed by atoms with van der Waals surface area (Å²) >= 11 is 0. The molecule has 0 aliphatic heterocycles. The maximum absolute atomic E-state index is 5.83. The van der Waals surface area contributed by atoms with Crippen LogP contribution in [0.15, 0.2) is 36.4 Å². The Morgan fingerprint density at radius 2 is 1.57 bits per heavy atom. The Labute approximate surface area is 128 Å². The van der Waals surface area contributed by atoms with Crippen LogP contribution in [0.5, 0.6) is 5.75 Å². The zero-order valence-corrected chi connectivity index (χ0v) is 13.7. The lowest BCUT2D eigenvalue weighted by atomic mass is 9.92. The number of hydrogen-bond acceptors (Lipinski definition) is 2. The van der Waals surface area contributed by atoms with E-state index in [4.69, 9.17) is 4.74 Å². The maximum Gasteiger partial charge on any atom is 0.124 e. The summed E-state index contributed by atoms with van der Waals surface area (Å²) in [6.07, 6.45) is 0. The molecule has 2 nitrogen and oxygen atoms in total. The quantitative estimate of drug-likeness (QED) is 0.882. The van der Waals surface area contributed by atoms with Gasteiger partial charge in [-0.15, -0.1) is 0 Å². The molecule has 2 aromatic carbocycles. The molecule has 0 bridgehead atoms. The summed E-state index contributed by atoms with van der Waals surface area (Å²) in [7, 11) is 2.00. The van der Waals surface area contributed by atoms with E-state index in [1.165, 1.54) is 27.8 Å². The molecule has 0 aliphatic rings. The Kier molecular flexibility index (Phi) is 5.03. The molecule has 112 valence electrons. The second kappa shape index (κ2) is 6.77. The molecule has 0 aromatic heterocycles. The first-order valence-corrected chi connectivity index (χ1v) is 7.54. The van der Waals surface area contributed by atoms with Gasteiger partial charge in [-0.2, -0.15) is 0 Å². The summed E-state index contributed by atoms with van der Waals surface area (Å²) in [5, 5.41) is 3.45. The topological polar surface area (TPSA) is 21.3 Å². The second-order valence-electron chi connectivity index (χ2n) is 5.56. The van der Waals surface area contributed by atoms with Crippen molar-refractivity contribution in [3.8, 4) is 5.75 Å². The van der Waals surface area contributed by atoms with Crippen LogP contribution in [-0.4, -0.2) is 13.7 Å². The molecule has 1 atom stereocenters. The van der Waals surface area contributed by atoms with Crippen molar-refractivity contribution in [2.75, 3.05) is 13.7 Å². The molecule has 0 saturated carbocycles. The summed E-state index contributed by atoms with van der Waals surface area (Å²) < 4.78 is 5.83. The van der Waals surface area contributed by atoms with E-state index >= 15 is 0 Å². The van der Waals surface area contributed by atoms with Crippen molar-refractivity contribution in [2.24, 2.45) is 0 Å². The Balaban J connectivity index is 2.55. The van der Waals surface area contributed by atoms with Gasteiger partial charge in [0.2, 0.25) is 0 Å². The molecule has 1 N–H and O–H groups in total. The smallest absolute Gasteiger partial charge is 0.124 e. The second-order valence-corrected chi connectivity index (χ2v) is 5.56. The largest absolute Gasteiger partial charge is 0.494 e. The summed E-state index contributed by atoms with van der Waals surface area (Å²) in [4.78, 5) is 0. The molecule has 2 aromatic rings. The third kappa shape index (κ3) is 3.45. The summed E-state index contributed by atoms with van der Waals surface area (Å²) in [5.41, 5.74) is 6.33. The van der Waals surface area contributed by atoms with Gasteiger partial charge in [0, 0.05) is 5.56 Å². The van der Waals surface area contributed by atoms with Crippen LogP contribution in [0.1, 0.15) is 40.8 Å². The first-order valence-electron chi connectivity index (χ1n) is 7.54. The number of rotatable bonds is 5. The third-order valence-electron chi connectivity index (χ3n) is 3.81. The molecule has 2 rings (SSSR count). The fourth-order valence-corrected chi connectivity index (χ4v) is 2.73. The van der Waals surface area contributed by atoms with Crippen LogP contribution in [0.3, 0.4) is 0 Å². The summed E-state index contributed by atoms with van der Waals surface area (Å²) in [6, 6.07) is 13.1. The fraction of sp³-hybridized carbons (Fsp3) is 0.368. The van der Waals surface area contributed by atoms with Gasteiger partial charge in [0.25, 0.3) is 0 Å². The minimum Gasteiger partial charge on any atom is -0.494 e. The lowest BCUT2D eigenvalue weighted by Crippen LogP contribution is -2.20. The van der Waals surface area contributed by atoms with Crippen molar-refractivity contribution in [3.05, 3.63) is 64.2 Å². The van der Waals surface area contributed by atoms with E-state index < -0.39 is 0 Å². The summed E-state index contributed by atoms with van der Waals surface area (Å²) in [5.74, 6) is 0.961. The number of benzene rings is 2. The minimum atomic E-state index is 0.145. The van der Waals surface area contributed by atoms with Crippen LogP contribution in [-0.2, 0) is 0 Å². The van der Waals surface area contributed by atoms with Crippen molar-refractivity contribution in [1.82, 2.24) is 5.32 Å². The molecule has 0 heterocycles. The number of ether oxygens (including phenoxy) is 1. The van der Waals surface area contributed by atoms with Gasteiger partial charge < -0.3 is 10.1 Å². The minimum absolute atomic E-state index is 0.145. The molecule has 0 aliphatic carbocycles.